The van der Waals surface area contributed by atoms with E-state index in [9.17, 15) is 14.9 Å². The topological polar surface area (TPSA) is 96.0 Å². The van der Waals surface area contributed by atoms with Gasteiger partial charge in [-0.25, -0.2) is 0 Å². The van der Waals surface area contributed by atoms with Gasteiger partial charge in [0, 0.05) is 38.8 Å². The zero-order valence-corrected chi connectivity index (χ0v) is 14.2. The zero-order valence-electron chi connectivity index (χ0n) is 14.2. The first-order valence-electron chi connectivity index (χ1n) is 8.45. The molecular formula is C16H22N6O3. The number of hydrogen-bond donors (Lipinski definition) is 1. The molecule has 1 amide bonds. The second kappa shape index (κ2) is 7.47. The largest absolute Gasteiger partial charge is 0.372 e. The molecule has 1 N–H and O–H groups in total. The first-order chi connectivity index (χ1) is 12.1. The van der Waals surface area contributed by atoms with E-state index in [1.807, 2.05) is 17.9 Å². The molecule has 0 radical (unpaired) electrons. The molecule has 9 nitrogen and oxygen atoms in total. The van der Waals surface area contributed by atoms with E-state index in [0.29, 0.717) is 50.7 Å². The zero-order chi connectivity index (χ0) is 17.8. The number of aromatic nitrogens is 2. The number of hydrogen-bond acceptors (Lipinski definition) is 6. The first-order valence-corrected chi connectivity index (χ1v) is 8.45. The molecule has 134 valence electrons. The van der Waals surface area contributed by atoms with E-state index >= 15 is 0 Å². The minimum absolute atomic E-state index is 0.00950. The molecule has 1 fully saturated rings. The number of anilines is 1. The Balaban J connectivity index is 1.69. The van der Waals surface area contributed by atoms with Crippen molar-refractivity contribution in [2.24, 2.45) is 0 Å². The molecule has 25 heavy (non-hydrogen) atoms. The lowest BCUT2D eigenvalue weighted by atomic mass is 10.3. The van der Waals surface area contributed by atoms with Gasteiger partial charge in [0.25, 0.3) is 0 Å². The van der Waals surface area contributed by atoms with E-state index in [4.69, 9.17) is 0 Å². The van der Waals surface area contributed by atoms with E-state index in [0.717, 1.165) is 6.42 Å². The molecule has 2 aromatic rings. The Morgan fingerprint density at radius 3 is 2.76 bits per heavy atom. The summed E-state index contributed by atoms with van der Waals surface area (Å²) >= 11 is 0. The molecule has 2 aromatic heterocycles. The Morgan fingerprint density at radius 1 is 1.32 bits per heavy atom. The van der Waals surface area contributed by atoms with E-state index < -0.39 is 0 Å². The van der Waals surface area contributed by atoms with Crippen LogP contribution >= 0.6 is 0 Å². The fraction of sp³-hybridized carbons (Fsp3) is 0.500. The van der Waals surface area contributed by atoms with Crippen molar-refractivity contribution in [2.75, 3.05) is 44.2 Å². The van der Waals surface area contributed by atoms with Crippen molar-refractivity contribution in [1.82, 2.24) is 19.6 Å². The number of nitrogens with one attached hydrogen (secondary N) is 1. The number of carbonyl (C=O) groups excluding carboxylic acids is 1. The molecule has 0 saturated carbocycles. The van der Waals surface area contributed by atoms with E-state index in [1.165, 1.54) is 4.40 Å². The van der Waals surface area contributed by atoms with Crippen LogP contribution < -0.4 is 10.2 Å². The molecule has 0 aromatic carbocycles. The lowest BCUT2D eigenvalue weighted by molar-refractivity contribution is -0.389. The van der Waals surface area contributed by atoms with Gasteiger partial charge in [0.05, 0.1) is 12.7 Å². The van der Waals surface area contributed by atoms with Crippen LogP contribution in [0.2, 0.25) is 0 Å². The maximum atomic E-state index is 11.8. The molecule has 1 saturated heterocycles. The number of nitro groups is 1. The van der Waals surface area contributed by atoms with Crippen molar-refractivity contribution in [1.29, 1.82) is 0 Å². The molecule has 1 aliphatic heterocycles. The summed E-state index contributed by atoms with van der Waals surface area (Å²) < 4.78 is 1.50. The molecule has 0 bridgehead atoms. The second-order valence-electron chi connectivity index (χ2n) is 6.06. The number of pyridine rings is 1. The van der Waals surface area contributed by atoms with Gasteiger partial charge in [-0.05, 0) is 17.4 Å². The SMILES string of the molecule is CCCNC(=O)CN1CCN(c2nc3ccccn3c2[N+](=O)[O-])CC1. The highest BCUT2D eigenvalue weighted by Gasteiger charge is 2.29. The van der Waals surface area contributed by atoms with Crippen LogP contribution in [0.25, 0.3) is 5.65 Å². The van der Waals surface area contributed by atoms with Gasteiger partial charge in [0.2, 0.25) is 17.4 Å². The molecule has 0 spiro atoms. The first kappa shape index (κ1) is 17.2. The molecule has 0 atom stereocenters. The summed E-state index contributed by atoms with van der Waals surface area (Å²) in [7, 11) is 0. The van der Waals surface area contributed by atoms with E-state index in [1.54, 1.807) is 18.3 Å². The van der Waals surface area contributed by atoms with Crippen molar-refractivity contribution in [3.8, 4) is 0 Å². The molecule has 0 unspecified atom stereocenters. The van der Waals surface area contributed by atoms with E-state index in [-0.39, 0.29) is 16.6 Å². The third kappa shape index (κ3) is 3.71. The van der Waals surface area contributed by atoms with E-state index in [2.05, 4.69) is 15.2 Å². The summed E-state index contributed by atoms with van der Waals surface area (Å²) in [5.41, 5.74) is 0.561. The van der Waals surface area contributed by atoms with Gasteiger partial charge >= 0.3 is 5.82 Å². The van der Waals surface area contributed by atoms with Crippen LogP contribution in [-0.4, -0.2) is 64.4 Å². The third-order valence-electron chi connectivity index (χ3n) is 4.27. The average Bonchev–Trinajstić information content (AvgIpc) is 3.00. The summed E-state index contributed by atoms with van der Waals surface area (Å²) in [6.45, 7) is 5.61. The second-order valence-corrected chi connectivity index (χ2v) is 6.06. The van der Waals surface area contributed by atoms with Gasteiger partial charge in [-0.3, -0.25) is 9.69 Å². The number of carbonyl (C=O) groups is 1. The van der Waals surface area contributed by atoms with Crippen LogP contribution in [0.4, 0.5) is 11.6 Å². The highest BCUT2D eigenvalue weighted by atomic mass is 16.6. The predicted molar refractivity (Wildman–Crippen MR) is 93.8 cm³/mol. The van der Waals surface area contributed by atoms with Crippen molar-refractivity contribution < 1.29 is 9.72 Å². The van der Waals surface area contributed by atoms with Crippen molar-refractivity contribution >= 4 is 23.2 Å². The smallest absolute Gasteiger partial charge is 0.358 e. The highest BCUT2D eigenvalue weighted by molar-refractivity contribution is 5.78. The third-order valence-corrected chi connectivity index (χ3v) is 4.27. The Hall–Kier alpha value is -2.68. The quantitative estimate of drug-likeness (QED) is 0.616. The Morgan fingerprint density at radius 2 is 2.08 bits per heavy atom. The van der Waals surface area contributed by atoms with Gasteiger partial charge < -0.3 is 20.3 Å². The minimum atomic E-state index is -0.389. The Labute approximate surface area is 145 Å². The van der Waals surface area contributed by atoms with Crippen LogP contribution in [0.1, 0.15) is 13.3 Å². The number of rotatable bonds is 6. The number of imidazole rings is 1. The van der Waals surface area contributed by atoms with Gasteiger partial charge in [-0.2, -0.15) is 9.38 Å². The number of nitrogens with zero attached hydrogens (tertiary/aromatic N) is 5. The van der Waals surface area contributed by atoms with Gasteiger partial charge in [0.15, 0.2) is 0 Å². The Bertz CT molecular complexity index is 766. The van der Waals surface area contributed by atoms with Crippen molar-refractivity contribution in [2.45, 2.75) is 13.3 Å². The predicted octanol–water partition coefficient (Wildman–Crippen LogP) is 0.891. The molecule has 0 aliphatic carbocycles. The van der Waals surface area contributed by atoms with Crippen molar-refractivity contribution in [3.05, 3.63) is 34.5 Å². The number of amides is 1. The van der Waals surface area contributed by atoms with Crippen LogP contribution in [0, 0.1) is 10.1 Å². The summed E-state index contributed by atoms with van der Waals surface area (Å²) in [6.07, 6.45) is 2.56. The minimum Gasteiger partial charge on any atom is -0.358 e. The van der Waals surface area contributed by atoms with Gasteiger partial charge in [0.1, 0.15) is 0 Å². The lowest BCUT2D eigenvalue weighted by Gasteiger charge is -2.34. The lowest BCUT2D eigenvalue weighted by Crippen LogP contribution is -2.49. The van der Waals surface area contributed by atoms with Gasteiger partial charge in [-0.15, -0.1) is 0 Å². The maximum absolute atomic E-state index is 11.8. The van der Waals surface area contributed by atoms with Gasteiger partial charge in [-0.1, -0.05) is 13.0 Å². The van der Waals surface area contributed by atoms with Crippen LogP contribution in [0.15, 0.2) is 24.4 Å². The van der Waals surface area contributed by atoms with Crippen LogP contribution in [0.5, 0.6) is 0 Å². The highest BCUT2D eigenvalue weighted by Crippen LogP contribution is 2.29. The fourth-order valence-corrected chi connectivity index (χ4v) is 2.99. The molecule has 1 aliphatic rings. The number of fused-ring (bicyclic) bond motifs is 1. The Kier molecular flexibility index (Phi) is 5.13. The summed E-state index contributed by atoms with van der Waals surface area (Å²) in [5, 5.41) is 14.4. The molecule has 9 heteroatoms. The average molecular weight is 346 g/mol. The molecule has 3 rings (SSSR count). The van der Waals surface area contributed by atoms with Crippen LogP contribution in [0.3, 0.4) is 0 Å². The van der Waals surface area contributed by atoms with Crippen LogP contribution in [-0.2, 0) is 4.79 Å². The summed E-state index contributed by atoms with van der Waals surface area (Å²) in [4.78, 5) is 31.3. The monoisotopic (exact) mass is 346 g/mol. The number of piperazine rings is 1. The normalized spacial score (nSPS) is 15.5. The maximum Gasteiger partial charge on any atom is 0.372 e. The van der Waals surface area contributed by atoms with Crippen molar-refractivity contribution in [3.63, 3.8) is 0 Å². The summed E-state index contributed by atoms with van der Waals surface area (Å²) in [5.74, 6) is 0.407. The standard InChI is InChI=1S/C16H22N6O3/c1-2-6-17-14(23)12-19-8-10-20(11-9-19)15-16(22(24)25)21-7-4-3-5-13(21)18-15/h3-5,7H,2,6,8-12H2,1H3,(H,17,23). The molecular weight excluding hydrogens is 324 g/mol. The fourth-order valence-electron chi connectivity index (χ4n) is 2.99. The molecule has 3 heterocycles. The summed E-state index contributed by atoms with van der Waals surface area (Å²) in [6, 6.07) is 5.31.